The number of aromatic carboxylic acids is 1. The van der Waals surface area contributed by atoms with Crippen molar-refractivity contribution in [3.63, 3.8) is 0 Å². The van der Waals surface area contributed by atoms with Crippen LogP contribution in [0.5, 0.6) is 0 Å². The fraction of sp³-hybridized carbons (Fsp3) is 0.0556. The van der Waals surface area contributed by atoms with E-state index in [0.29, 0.717) is 16.9 Å². The summed E-state index contributed by atoms with van der Waals surface area (Å²) in [4.78, 5) is 11.0. The summed E-state index contributed by atoms with van der Waals surface area (Å²) in [6.07, 6.45) is 0. The monoisotopic (exact) mass is 366 g/mol. The van der Waals surface area contributed by atoms with Gasteiger partial charge in [-0.05, 0) is 29.8 Å². The Bertz CT molecular complexity index is 1020. The van der Waals surface area contributed by atoms with Crippen LogP contribution in [-0.4, -0.2) is 29.6 Å². The molecule has 0 radical (unpaired) electrons. The predicted molar refractivity (Wildman–Crippen MR) is 93.3 cm³/mol. The third-order valence-corrected chi connectivity index (χ3v) is 4.29. The van der Waals surface area contributed by atoms with Gasteiger partial charge >= 0.3 is 5.97 Å². The molecule has 0 saturated carbocycles. The van der Waals surface area contributed by atoms with Gasteiger partial charge < -0.3 is 9.66 Å². The lowest BCUT2D eigenvalue weighted by Crippen LogP contribution is -2.01. The molecule has 0 aliphatic rings. The van der Waals surface area contributed by atoms with Gasteiger partial charge in [0.15, 0.2) is 5.69 Å². The third kappa shape index (κ3) is 3.69. The molecule has 1 aromatic heterocycles. The summed E-state index contributed by atoms with van der Waals surface area (Å²) in [5.41, 5.74) is 3.02. The molecule has 1 unspecified atom stereocenters. The molecule has 1 atom stereocenters. The van der Waals surface area contributed by atoms with Crippen LogP contribution in [0.1, 0.15) is 21.6 Å². The average Bonchev–Trinajstić information content (AvgIpc) is 3.06. The maximum absolute atomic E-state index is 11.0. The molecular formula is C18H12N3O4S-. The van der Waals surface area contributed by atoms with E-state index in [0.717, 1.165) is 5.56 Å². The third-order valence-electron chi connectivity index (χ3n) is 3.72. The summed E-state index contributed by atoms with van der Waals surface area (Å²) in [5, 5.41) is 22.4. The number of carboxylic acid groups (broad SMARTS) is 1. The van der Waals surface area contributed by atoms with Crippen molar-refractivity contribution in [2.45, 2.75) is 5.75 Å². The summed E-state index contributed by atoms with van der Waals surface area (Å²) >= 11 is -2.16. The van der Waals surface area contributed by atoms with E-state index in [9.17, 15) is 13.6 Å². The van der Waals surface area contributed by atoms with Crippen LogP contribution in [0.15, 0.2) is 54.6 Å². The number of nitriles is 1. The maximum atomic E-state index is 11.0. The van der Waals surface area contributed by atoms with Gasteiger partial charge in [0.2, 0.25) is 0 Å². The number of aromatic nitrogens is 2. The molecule has 0 aliphatic heterocycles. The first kappa shape index (κ1) is 17.5. The minimum atomic E-state index is -2.16. The van der Waals surface area contributed by atoms with Gasteiger partial charge in [0.1, 0.15) is 6.07 Å². The van der Waals surface area contributed by atoms with E-state index in [1.807, 2.05) is 6.07 Å². The van der Waals surface area contributed by atoms with Crippen LogP contribution in [0, 0.1) is 11.3 Å². The molecule has 0 bridgehead atoms. The summed E-state index contributed by atoms with van der Waals surface area (Å²) in [5.74, 6) is -1.10. The molecule has 3 aromatic rings. The minimum absolute atomic E-state index is 0.0698. The summed E-state index contributed by atoms with van der Waals surface area (Å²) < 4.78 is 23.1. The van der Waals surface area contributed by atoms with Crippen LogP contribution in [0.4, 0.5) is 0 Å². The molecule has 0 saturated heterocycles. The first-order valence-corrected chi connectivity index (χ1v) is 8.71. The van der Waals surface area contributed by atoms with Crippen LogP contribution in [0.3, 0.4) is 0 Å². The predicted octanol–water partition coefficient (Wildman–Crippen LogP) is 2.49. The zero-order valence-corrected chi connectivity index (χ0v) is 14.1. The Kier molecular flexibility index (Phi) is 4.93. The van der Waals surface area contributed by atoms with E-state index in [4.69, 9.17) is 10.4 Å². The largest absolute Gasteiger partial charge is 0.772 e. The number of carboxylic acids is 1. The quantitative estimate of drug-likeness (QED) is 0.693. The molecule has 1 N–H and O–H groups in total. The lowest BCUT2D eigenvalue weighted by Gasteiger charge is -2.09. The van der Waals surface area contributed by atoms with Crippen molar-refractivity contribution >= 4 is 17.0 Å². The second-order valence-corrected chi connectivity index (χ2v) is 6.33. The van der Waals surface area contributed by atoms with Crippen molar-refractivity contribution in [2.75, 3.05) is 0 Å². The van der Waals surface area contributed by atoms with Crippen molar-refractivity contribution in [1.29, 1.82) is 5.26 Å². The molecule has 2 aromatic carbocycles. The Morgan fingerprint density at radius 2 is 1.85 bits per heavy atom. The van der Waals surface area contributed by atoms with Crippen LogP contribution < -0.4 is 0 Å². The van der Waals surface area contributed by atoms with Crippen LogP contribution in [-0.2, 0) is 16.8 Å². The smallest absolute Gasteiger partial charge is 0.335 e. The highest BCUT2D eigenvalue weighted by molar-refractivity contribution is 7.78. The lowest BCUT2D eigenvalue weighted by molar-refractivity contribution is 0.0697. The van der Waals surface area contributed by atoms with Gasteiger partial charge in [-0.15, -0.1) is 0 Å². The molecule has 26 heavy (non-hydrogen) atoms. The first-order valence-electron chi connectivity index (χ1n) is 7.47. The molecule has 3 rings (SSSR count). The summed E-state index contributed by atoms with van der Waals surface area (Å²) in [6.45, 7) is 0. The van der Waals surface area contributed by atoms with Crippen molar-refractivity contribution in [3.05, 3.63) is 71.4 Å². The zero-order chi connectivity index (χ0) is 18.7. The van der Waals surface area contributed by atoms with Gasteiger partial charge in [0.25, 0.3) is 0 Å². The Labute approximate surface area is 151 Å². The van der Waals surface area contributed by atoms with Gasteiger partial charge in [0.05, 0.1) is 16.9 Å². The van der Waals surface area contributed by atoms with E-state index < -0.39 is 17.0 Å². The average molecular weight is 366 g/mol. The Morgan fingerprint density at radius 1 is 1.19 bits per heavy atom. The molecule has 0 amide bonds. The Hall–Kier alpha value is -3.28. The number of benzene rings is 2. The molecule has 8 heteroatoms. The number of nitrogens with zero attached hydrogens (tertiary/aromatic N) is 3. The van der Waals surface area contributed by atoms with Gasteiger partial charge in [-0.2, -0.15) is 10.4 Å². The minimum Gasteiger partial charge on any atom is -0.772 e. The normalized spacial score (nSPS) is 11.7. The van der Waals surface area contributed by atoms with Crippen LogP contribution >= 0.6 is 0 Å². The summed E-state index contributed by atoms with van der Waals surface area (Å²) in [6, 6.07) is 16.6. The molecule has 0 aliphatic carbocycles. The van der Waals surface area contributed by atoms with E-state index in [2.05, 4.69) is 5.10 Å². The molecule has 7 nitrogen and oxygen atoms in total. The van der Waals surface area contributed by atoms with Gasteiger partial charge in [-0.25, -0.2) is 9.48 Å². The van der Waals surface area contributed by atoms with Gasteiger partial charge in [0, 0.05) is 17.4 Å². The van der Waals surface area contributed by atoms with Crippen molar-refractivity contribution in [1.82, 2.24) is 9.78 Å². The van der Waals surface area contributed by atoms with Gasteiger partial charge in [-0.1, -0.05) is 35.3 Å². The number of hydrogen-bond acceptors (Lipinski definition) is 5. The molecule has 1 heterocycles. The number of carbonyl (C=O) groups is 1. The molecule has 0 spiro atoms. The fourth-order valence-corrected chi connectivity index (χ4v) is 2.96. The SMILES string of the molecule is N#Cc1cc(-c2ccc(CS(=O)[O-])cc2)n(-c2ccc(C(=O)O)cc2)n1. The van der Waals surface area contributed by atoms with E-state index >= 15 is 0 Å². The van der Waals surface area contributed by atoms with E-state index in [1.165, 1.54) is 12.1 Å². The fourth-order valence-electron chi connectivity index (χ4n) is 2.49. The first-order chi connectivity index (χ1) is 12.5. The highest BCUT2D eigenvalue weighted by Crippen LogP contribution is 2.25. The maximum Gasteiger partial charge on any atom is 0.335 e. The van der Waals surface area contributed by atoms with Crippen LogP contribution in [0.2, 0.25) is 0 Å². The molecular weight excluding hydrogens is 354 g/mol. The zero-order valence-electron chi connectivity index (χ0n) is 13.3. The second kappa shape index (κ2) is 7.31. The lowest BCUT2D eigenvalue weighted by atomic mass is 10.1. The van der Waals surface area contributed by atoms with Crippen molar-refractivity contribution in [3.8, 4) is 23.0 Å². The van der Waals surface area contributed by atoms with Crippen molar-refractivity contribution in [2.24, 2.45) is 0 Å². The summed E-state index contributed by atoms with van der Waals surface area (Å²) in [7, 11) is 0. The van der Waals surface area contributed by atoms with Gasteiger partial charge in [-0.3, -0.25) is 4.21 Å². The number of hydrogen-bond donors (Lipinski definition) is 1. The van der Waals surface area contributed by atoms with Crippen LogP contribution in [0.25, 0.3) is 16.9 Å². The second-order valence-electron chi connectivity index (χ2n) is 5.44. The highest BCUT2D eigenvalue weighted by atomic mass is 32.2. The molecule has 0 fully saturated rings. The van der Waals surface area contributed by atoms with Crippen molar-refractivity contribution < 1.29 is 18.7 Å². The topological polar surface area (TPSA) is 119 Å². The Morgan fingerprint density at radius 3 is 2.38 bits per heavy atom. The number of rotatable bonds is 5. The Balaban J connectivity index is 2.02. The highest BCUT2D eigenvalue weighted by Gasteiger charge is 2.12. The van der Waals surface area contributed by atoms with E-state index in [1.54, 1.807) is 47.1 Å². The standard InChI is InChI=1S/C18H13N3O4S/c19-10-15-9-17(13-3-1-12(2-4-13)11-26(24)25)21(20-15)16-7-5-14(6-8-16)18(22)23/h1-9H,11H2,(H,22,23)(H,24,25)/p-1. The molecule has 130 valence electrons. The van der Waals surface area contributed by atoms with E-state index in [-0.39, 0.29) is 17.0 Å².